The third-order valence-electron chi connectivity index (χ3n) is 4.18. The smallest absolute Gasteiger partial charge is 0.149 e. The third kappa shape index (κ3) is 2.38. The van der Waals surface area contributed by atoms with Crippen molar-refractivity contribution in [2.75, 3.05) is 0 Å². The molecular formula is C18H19NO. The van der Waals surface area contributed by atoms with E-state index in [1.54, 1.807) is 0 Å². The van der Waals surface area contributed by atoms with Crippen molar-refractivity contribution < 1.29 is 4.79 Å². The van der Waals surface area contributed by atoms with Crippen molar-refractivity contribution in [2.45, 2.75) is 38.0 Å². The van der Waals surface area contributed by atoms with Gasteiger partial charge < -0.3 is 0 Å². The van der Waals surface area contributed by atoms with Crippen LogP contribution in [0.4, 0.5) is 0 Å². The van der Waals surface area contributed by atoms with E-state index in [0.29, 0.717) is 12.2 Å². The Kier molecular flexibility index (Phi) is 3.39. The van der Waals surface area contributed by atoms with Crippen LogP contribution >= 0.6 is 0 Å². The second-order valence-electron chi connectivity index (χ2n) is 5.52. The van der Waals surface area contributed by atoms with Crippen molar-refractivity contribution in [3.63, 3.8) is 0 Å². The minimum Gasteiger partial charge on any atom is -0.298 e. The van der Waals surface area contributed by atoms with Gasteiger partial charge in [-0.3, -0.25) is 9.78 Å². The molecule has 0 atom stereocenters. The van der Waals surface area contributed by atoms with E-state index < -0.39 is 0 Å². The van der Waals surface area contributed by atoms with Gasteiger partial charge in [0.1, 0.15) is 5.78 Å². The van der Waals surface area contributed by atoms with Crippen LogP contribution in [0.1, 0.15) is 36.7 Å². The first-order valence-electron chi connectivity index (χ1n) is 7.28. The van der Waals surface area contributed by atoms with E-state index in [2.05, 4.69) is 24.0 Å². The fraction of sp³-hybridized carbons (Fsp3) is 0.333. The van der Waals surface area contributed by atoms with Crippen molar-refractivity contribution in [2.24, 2.45) is 0 Å². The van der Waals surface area contributed by atoms with Crippen LogP contribution in [0.2, 0.25) is 0 Å². The molecule has 1 aromatic carbocycles. The number of aryl methyl sites for hydroxylation is 1. The van der Waals surface area contributed by atoms with Gasteiger partial charge in [0, 0.05) is 17.8 Å². The Morgan fingerprint density at radius 1 is 1.05 bits per heavy atom. The maximum absolute atomic E-state index is 12.7. The average molecular weight is 265 g/mol. The van der Waals surface area contributed by atoms with Gasteiger partial charge in [0.25, 0.3) is 0 Å². The van der Waals surface area contributed by atoms with Crippen LogP contribution in [0.3, 0.4) is 0 Å². The maximum Gasteiger partial charge on any atom is 0.149 e. The summed E-state index contributed by atoms with van der Waals surface area (Å²) >= 11 is 0. The Morgan fingerprint density at radius 2 is 1.75 bits per heavy atom. The molecule has 1 aliphatic carbocycles. The highest BCUT2D eigenvalue weighted by atomic mass is 16.1. The second-order valence-corrected chi connectivity index (χ2v) is 5.52. The molecule has 0 aliphatic heterocycles. The van der Waals surface area contributed by atoms with Crippen molar-refractivity contribution in [1.29, 1.82) is 0 Å². The van der Waals surface area contributed by atoms with Gasteiger partial charge in [-0.15, -0.1) is 0 Å². The van der Waals surface area contributed by atoms with Gasteiger partial charge in [0.15, 0.2) is 0 Å². The number of hydrogen-bond acceptors (Lipinski definition) is 2. The summed E-state index contributed by atoms with van der Waals surface area (Å²) in [4.78, 5) is 17.2. The van der Waals surface area contributed by atoms with Crippen LogP contribution in [0, 0.1) is 0 Å². The number of aromatic nitrogens is 1. The summed E-state index contributed by atoms with van der Waals surface area (Å²) in [6, 6.07) is 16.1. The Labute approximate surface area is 119 Å². The molecule has 20 heavy (non-hydrogen) atoms. The van der Waals surface area contributed by atoms with Crippen LogP contribution < -0.4 is 0 Å². The number of benzene rings is 1. The molecule has 102 valence electrons. The molecule has 1 heterocycles. The van der Waals surface area contributed by atoms with E-state index in [1.807, 2.05) is 36.4 Å². The predicted molar refractivity (Wildman–Crippen MR) is 79.7 cm³/mol. The minimum atomic E-state index is -0.231. The van der Waals surface area contributed by atoms with Crippen LogP contribution in [-0.4, -0.2) is 10.8 Å². The van der Waals surface area contributed by atoms with Crippen LogP contribution in [0.5, 0.6) is 0 Å². The first-order chi connectivity index (χ1) is 9.74. The topological polar surface area (TPSA) is 30.0 Å². The monoisotopic (exact) mass is 265 g/mol. The molecule has 0 amide bonds. The van der Waals surface area contributed by atoms with Crippen LogP contribution in [0.15, 0.2) is 48.5 Å². The summed E-state index contributed by atoms with van der Waals surface area (Å²) in [5.74, 6) is 0.310. The second kappa shape index (κ2) is 5.20. The molecule has 1 fully saturated rings. The van der Waals surface area contributed by atoms with Crippen LogP contribution in [0.25, 0.3) is 0 Å². The Bertz CT molecular complexity index is 614. The van der Waals surface area contributed by atoms with Crippen molar-refractivity contribution in [3.05, 3.63) is 65.5 Å². The third-order valence-corrected chi connectivity index (χ3v) is 4.18. The van der Waals surface area contributed by atoms with Crippen molar-refractivity contribution >= 4 is 5.78 Å². The highest BCUT2D eigenvalue weighted by molar-refractivity contribution is 5.94. The fourth-order valence-electron chi connectivity index (χ4n) is 2.77. The molecule has 0 unspecified atom stereocenters. The number of rotatable bonds is 5. The lowest BCUT2D eigenvalue weighted by Gasteiger charge is -2.14. The number of ketones is 1. The van der Waals surface area contributed by atoms with E-state index >= 15 is 0 Å². The molecule has 0 saturated heterocycles. The molecule has 1 aromatic heterocycles. The lowest BCUT2D eigenvalue weighted by molar-refractivity contribution is -0.120. The molecule has 2 nitrogen and oxygen atoms in total. The fourth-order valence-corrected chi connectivity index (χ4v) is 2.77. The number of carbonyl (C=O) groups excluding carboxylic acids is 1. The highest BCUT2D eigenvalue weighted by Gasteiger charge is 2.50. The molecule has 3 rings (SSSR count). The Hall–Kier alpha value is -1.96. The van der Waals surface area contributed by atoms with Gasteiger partial charge in [-0.2, -0.15) is 0 Å². The van der Waals surface area contributed by atoms with E-state index in [0.717, 1.165) is 36.2 Å². The largest absolute Gasteiger partial charge is 0.298 e. The van der Waals surface area contributed by atoms with E-state index in [-0.39, 0.29) is 5.41 Å². The quantitative estimate of drug-likeness (QED) is 0.828. The molecule has 0 bridgehead atoms. The van der Waals surface area contributed by atoms with Crippen molar-refractivity contribution in [1.82, 2.24) is 4.98 Å². The first kappa shape index (κ1) is 13.0. The molecule has 1 aliphatic rings. The normalized spacial score (nSPS) is 15.8. The molecule has 2 heteroatoms. The van der Waals surface area contributed by atoms with Crippen molar-refractivity contribution in [3.8, 4) is 0 Å². The number of hydrogen-bond donors (Lipinski definition) is 0. The summed E-state index contributed by atoms with van der Waals surface area (Å²) in [6.45, 7) is 2.08. The lowest BCUT2D eigenvalue weighted by atomic mass is 9.89. The molecule has 0 spiro atoms. The molecule has 1 saturated carbocycles. The number of nitrogens with zero attached hydrogens (tertiary/aromatic N) is 1. The first-order valence-corrected chi connectivity index (χ1v) is 7.28. The minimum absolute atomic E-state index is 0.231. The Morgan fingerprint density at radius 3 is 2.40 bits per heavy atom. The molecule has 2 aromatic rings. The SMILES string of the molecule is CCc1cccc(CC(=O)C2(c3ccccc3)CC2)n1. The van der Waals surface area contributed by atoms with Gasteiger partial charge in [-0.05, 0) is 37.0 Å². The zero-order valence-corrected chi connectivity index (χ0v) is 11.8. The number of Topliss-reactive ketones (excluding diaryl/α,β-unsaturated/α-hetero) is 1. The zero-order valence-electron chi connectivity index (χ0n) is 11.8. The standard InChI is InChI=1S/C18H19NO/c1-2-15-9-6-10-16(19-15)13-17(20)18(11-12-18)14-7-4-3-5-8-14/h3-10H,2,11-13H2,1H3. The van der Waals surface area contributed by atoms with Gasteiger partial charge in [-0.25, -0.2) is 0 Å². The Balaban J connectivity index is 1.80. The van der Waals surface area contributed by atoms with Gasteiger partial charge in [-0.1, -0.05) is 43.3 Å². The predicted octanol–water partition coefficient (Wildman–Crippen LogP) is 3.49. The summed E-state index contributed by atoms with van der Waals surface area (Å²) in [6.07, 6.45) is 3.31. The average Bonchev–Trinajstić information content (AvgIpc) is 3.30. The lowest BCUT2D eigenvalue weighted by Crippen LogP contribution is -2.23. The van der Waals surface area contributed by atoms with Crippen LogP contribution in [-0.2, 0) is 23.1 Å². The van der Waals surface area contributed by atoms with Gasteiger partial charge in [0.05, 0.1) is 5.41 Å². The van der Waals surface area contributed by atoms with E-state index in [9.17, 15) is 4.79 Å². The zero-order chi connectivity index (χ0) is 14.0. The van der Waals surface area contributed by atoms with Gasteiger partial charge >= 0.3 is 0 Å². The van der Waals surface area contributed by atoms with E-state index in [1.165, 1.54) is 0 Å². The molecule has 0 radical (unpaired) electrons. The number of pyridine rings is 1. The molecule has 0 N–H and O–H groups in total. The highest BCUT2D eigenvalue weighted by Crippen LogP contribution is 2.49. The summed E-state index contributed by atoms with van der Waals surface area (Å²) < 4.78 is 0. The van der Waals surface area contributed by atoms with Gasteiger partial charge in [0.2, 0.25) is 0 Å². The number of carbonyl (C=O) groups is 1. The maximum atomic E-state index is 12.7. The summed E-state index contributed by atoms with van der Waals surface area (Å²) in [5.41, 5.74) is 2.89. The summed E-state index contributed by atoms with van der Waals surface area (Å²) in [5, 5.41) is 0. The molecular weight excluding hydrogens is 246 g/mol. The van der Waals surface area contributed by atoms with E-state index in [4.69, 9.17) is 0 Å². The summed E-state index contributed by atoms with van der Waals surface area (Å²) in [7, 11) is 0.